The minimum atomic E-state index is 0.550. The second-order valence-electron chi connectivity index (χ2n) is 3.48. The summed E-state index contributed by atoms with van der Waals surface area (Å²) in [7, 11) is 0. The molecule has 1 aromatic heterocycles. The Bertz CT molecular complexity index is 488. The average Bonchev–Trinajstić information content (AvgIpc) is 2.65. The highest BCUT2D eigenvalue weighted by Gasteiger charge is 2.20. The molecule has 0 bridgehead atoms. The molecular weight excluding hydrogens is 178 g/mol. The van der Waals surface area contributed by atoms with Gasteiger partial charge in [-0.15, -0.1) is 0 Å². The highest BCUT2D eigenvalue weighted by atomic mass is 16.5. The number of hydrogen-bond donors (Lipinski definition) is 0. The van der Waals surface area contributed by atoms with E-state index in [0.29, 0.717) is 6.61 Å². The Labute approximate surface area is 81.3 Å². The topological polar surface area (TPSA) is 35.3 Å². The lowest BCUT2D eigenvalue weighted by Gasteiger charge is -2.15. The number of hydrogen-bond acceptors (Lipinski definition) is 3. The van der Waals surface area contributed by atoms with Crippen molar-refractivity contribution in [2.24, 2.45) is 0 Å². The molecule has 1 aromatic carbocycles. The van der Waals surface area contributed by atoms with Crippen LogP contribution < -0.4 is 4.74 Å². The van der Waals surface area contributed by atoms with Gasteiger partial charge in [0.05, 0.1) is 5.56 Å². The lowest BCUT2D eigenvalue weighted by Crippen LogP contribution is -2.03. The van der Waals surface area contributed by atoms with Crippen LogP contribution in [0.5, 0.6) is 5.75 Å². The molecule has 14 heavy (non-hydrogen) atoms. The van der Waals surface area contributed by atoms with E-state index >= 15 is 0 Å². The molecule has 2 heterocycles. The Hall–Kier alpha value is -1.77. The van der Waals surface area contributed by atoms with E-state index in [-0.39, 0.29) is 0 Å². The van der Waals surface area contributed by atoms with Crippen molar-refractivity contribution in [2.45, 2.75) is 13.5 Å². The third kappa shape index (κ3) is 0.954. The minimum absolute atomic E-state index is 0.550. The quantitative estimate of drug-likeness (QED) is 0.635. The van der Waals surface area contributed by atoms with Crippen LogP contribution in [0.2, 0.25) is 0 Å². The Balaban J connectivity index is 2.28. The van der Waals surface area contributed by atoms with Gasteiger partial charge in [0.15, 0.2) is 0 Å². The van der Waals surface area contributed by atoms with Gasteiger partial charge < -0.3 is 9.26 Å². The monoisotopic (exact) mass is 187 g/mol. The fourth-order valence-corrected chi connectivity index (χ4v) is 1.69. The summed E-state index contributed by atoms with van der Waals surface area (Å²) >= 11 is 0. The van der Waals surface area contributed by atoms with Crippen molar-refractivity contribution in [2.75, 3.05) is 0 Å². The predicted octanol–water partition coefficient (Wildman–Crippen LogP) is 2.54. The minimum Gasteiger partial charge on any atom is -0.488 e. The Morgan fingerprint density at radius 3 is 3.21 bits per heavy atom. The van der Waals surface area contributed by atoms with Crippen molar-refractivity contribution in [1.29, 1.82) is 0 Å². The third-order valence-electron chi connectivity index (χ3n) is 2.42. The number of aromatic nitrogens is 1. The lowest BCUT2D eigenvalue weighted by molar-refractivity contribution is 0.301. The maximum atomic E-state index is 5.56. The van der Waals surface area contributed by atoms with Gasteiger partial charge in [-0.05, 0) is 19.1 Å². The van der Waals surface area contributed by atoms with Crippen molar-refractivity contribution in [3.63, 3.8) is 0 Å². The lowest BCUT2D eigenvalue weighted by atomic mass is 10.0. The Kier molecular flexibility index (Phi) is 1.42. The fraction of sp³-hybridized carbons (Fsp3) is 0.182. The van der Waals surface area contributed by atoms with Crippen molar-refractivity contribution < 1.29 is 9.26 Å². The first-order chi connectivity index (χ1) is 6.84. The molecule has 0 saturated heterocycles. The molecule has 3 rings (SSSR count). The van der Waals surface area contributed by atoms with Gasteiger partial charge in [0.2, 0.25) is 0 Å². The number of aryl methyl sites for hydroxylation is 1. The summed E-state index contributed by atoms with van der Waals surface area (Å²) in [5.74, 6) is 0.886. The van der Waals surface area contributed by atoms with E-state index in [1.807, 2.05) is 12.1 Å². The number of rotatable bonds is 0. The van der Waals surface area contributed by atoms with Crippen LogP contribution >= 0.6 is 0 Å². The molecule has 0 atom stereocenters. The summed E-state index contributed by atoms with van der Waals surface area (Å²) in [5, 5.41) is 3.98. The second kappa shape index (κ2) is 2.61. The first-order valence-electron chi connectivity index (χ1n) is 4.51. The van der Waals surface area contributed by atoms with E-state index in [4.69, 9.17) is 9.26 Å². The Morgan fingerprint density at radius 1 is 1.36 bits per heavy atom. The number of benzene rings is 1. The van der Waals surface area contributed by atoms with Crippen LogP contribution in [-0.4, -0.2) is 5.16 Å². The van der Waals surface area contributed by atoms with Crippen molar-refractivity contribution in [1.82, 2.24) is 5.16 Å². The molecule has 0 N–H and O–H groups in total. The van der Waals surface area contributed by atoms with Gasteiger partial charge >= 0.3 is 0 Å². The molecule has 1 aliphatic heterocycles. The molecule has 0 amide bonds. The molecule has 70 valence electrons. The second-order valence-corrected chi connectivity index (χ2v) is 3.48. The summed E-state index contributed by atoms with van der Waals surface area (Å²) in [5.41, 5.74) is 4.15. The first-order valence-corrected chi connectivity index (χ1v) is 4.51. The summed E-state index contributed by atoms with van der Waals surface area (Å²) in [6.45, 7) is 2.60. The maximum Gasteiger partial charge on any atom is 0.131 e. The molecule has 0 saturated carbocycles. The largest absolute Gasteiger partial charge is 0.488 e. The first kappa shape index (κ1) is 7.62. The predicted molar refractivity (Wildman–Crippen MR) is 51.0 cm³/mol. The molecule has 3 heteroatoms. The van der Waals surface area contributed by atoms with E-state index in [9.17, 15) is 0 Å². The molecule has 0 aliphatic carbocycles. The molecular formula is C11H9NO2. The third-order valence-corrected chi connectivity index (χ3v) is 2.42. The Morgan fingerprint density at radius 2 is 2.29 bits per heavy atom. The standard InChI is InChI=1S/C11H9NO2/c1-7-2-3-10-9(4-7)11-8(5-13-10)6-14-12-11/h2-4,6H,5H2,1H3. The van der Waals surface area contributed by atoms with E-state index in [0.717, 1.165) is 22.6 Å². The molecule has 1 aliphatic rings. The zero-order chi connectivity index (χ0) is 9.54. The van der Waals surface area contributed by atoms with Gasteiger partial charge in [0, 0.05) is 5.56 Å². The van der Waals surface area contributed by atoms with Crippen LogP contribution in [0.3, 0.4) is 0 Å². The molecule has 0 unspecified atom stereocenters. The summed E-state index contributed by atoms with van der Waals surface area (Å²) in [6, 6.07) is 6.07. The van der Waals surface area contributed by atoms with E-state index in [1.165, 1.54) is 5.56 Å². The summed E-state index contributed by atoms with van der Waals surface area (Å²) in [4.78, 5) is 0. The maximum absolute atomic E-state index is 5.56. The molecule has 0 radical (unpaired) electrons. The molecule has 3 nitrogen and oxygen atoms in total. The SMILES string of the molecule is Cc1ccc2c(c1)-c1nocc1CO2. The zero-order valence-corrected chi connectivity index (χ0v) is 7.78. The normalized spacial score (nSPS) is 12.9. The van der Waals surface area contributed by atoms with Crippen molar-refractivity contribution >= 4 is 0 Å². The highest BCUT2D eigenvalue weighted by Crippen LogP contribution is 2.36. The van der Waals surface area contributed by atoms with Crippen LogP contribution in [0.25, 0.3) is 11.3 Å². The van der Waals surface area contributed by atoms with Gasteiger partial charge in [-0.1, -0.05) is 16.8 Å². The number of nitrogens with zero attached hydrogens (tertiary/aromatic N) is 1. The van der Waals surface area contributed by atoms with E-state index < -0.39 is 0 Å². The van der Waals surface area contributed by atoms with Gasteiger partial charge in [0.1, 0.15) is 24.3 Å². The average molecular weight is 187 g/mol. The van der Waals surface area contributed by atoms with Crippen molar-refractivity contribution in [3.8, 4) is 17.0 Å². The van der Waals surface area contributed by atoms with Crippen LogP contribution in [0, 0.1) is 6.92 Å². The van der Waals surface area contributed by atoms with E-state index in [2.05, 4.69) is 18.1 Å². The highest BCUT2D eigenvalue weighted by molar-refractivity contribution is 5.71. The van der Waals surface area contributed by atoms with Crippen LogP contribution in [0.1, 0.15) is 11.1 Å². The van der Waals surface area contributed by atoms with Crippen molar-refractivity contribution in [3.05, 3.63) is 35.6 Å². The van der Waals surface area contributed by atoms with Gasteiger partial charge in [0.25, 0.3) is 0 Å². The summed E-state index contributed by atoms with van der Waals surface area (Å²) < 4.78 is 10.5. The number of ether oxygens (including phenoxy) is 1. The smallest absolute Gasteiger partial charge is 0.131 e. The van der Waals surface area contributed by atoms with Gasteiger partial charge in [-0.3, -0.25) is 0 Å². The molecule has 2 aromatic rings. The summed E-state index contributed by atoms with van der Waals surface area (Å²) in [6.07, 6.45) is 1.64. The molecule has 0 spiro atoms. The van der Waals surface area contributed by atoms with Gasteiger partial charge in [-0.2, -0.15) is 0 Å². The van der Waals surface area contributed by atoms with Crippen LogP contribution in [0.4, 0.5) is 0 Å². The fourth-order valence-electron chi connectivity index (χ4n) is 1.69. The molecule has 0 fully saturated rings. The number of fused-ring (bicyclic) bond motifs is 3. The van der Waals surface area contributed by atoms with Crippen LogP contribution in [0.15, 0.2) is 29.0 Å². The van der Waals surface area contributed by atoms with Crippen LogP contribution in [-0.2, 0) is 6.61 Å². The van der Waals surface area contributed by atoms with Gasteiger partial charge in [-0.25, -0.2) is 0 Å². The van der Waals surface area contributed by atoms with E-state index in [1.54, 1.807) is 6.26 Å². The zero-order valence-electron chi connectivity index (χ0n) is 7.78.